The van der Waals surface area contributed by atoms with Gasteiger partial charge in [-0.2, -0.15) is 0 Å². The Morgan fingerprint density at radius 2 is 1.85 bits per heavy atom. The van der Waals surface area contributed by atoms with Crippen molar-refractivity contribution in [3.63, 3.8) is 0 Å². The second-order valence-electron chi connectivity index (χ2n) is 2.84. The van der Waals surface area contributed by atoms with Crippen LogP contribution in [-0.2, 0) is 0 Å². The summed E-state index contributed by atoms with van der Waals surface area (Å²) < 4.78 is 0. The third-order valence-electron chi connectivity index (χ3n) is 1.46. The fourth-order valence-corrected chi connectivity index (χ4v) is 0.563. The van der Waals surface area contributed by atoms with Crippen LogP contribution >= 0.6 is 0 Å². The van der Waals surface area contributed by atoms with Gasteiger partial charge in [-0.15, -0.1) is 0 Å². The summed E-state index contributed by atoms with van der Waals surface area (Å²) in [6, 6.07) is 7.25. The van der Waals surface area contributed by atoms with Crippen molar-refractivity contribution in [1.29, 1.82) is 0 Å². The van der Waals surface area contributed by atoms with E-state index in [1.807, 2.05) is 32.0 Å². The number of hydrogen-bond donors (Lipinski definition) is 1. The molecule has 0 atom stereocenters. The van der Waals surface area contributed by atoms with Crippen molar-refractivity contribution in [2.45, 2.75) is 13.8 Å². The van der Waals surface area contributed by atoms with Crippen LogP contribution in [0.2, 0.25) is 0 Å². The smallest absolute Gasteiger partial charge is 0.118 e. The Kier molecular flexibility index (Phi) is 5.37. The van der Waals surface area contributed by atoms with Gasteiger partial charge in [0.2, 0.25) is 0 Å². The first kappa shape index (κ1) is 11.5. The SMILES string of the molecule is C=CC(=C)C.Cc1ccccc1O. The van der Waals surface area contributed by atoms with E-state index in [0.717, 1.165) is 11.1 Å². The van der Waals surface area contributed by atoms with E-state index in [4.69, 9.17) is 5.11 Å². The first-order chi connectivity index (χ1) is 6.07. The molecule has 0 heterocycles. The highest BCUT2D eigenvalue weighted by Gasteiger charge is 1.86. The molecule has 0 aliphatic carbocycles. The minimum atomic E-state index is 0.368. The zero-order valence-electron chi connectivity index (χ0n) is 8.25. The normalized spacial score (nSPS) is 8.15. The van der Waals surface area contributed by atoms with Gasteiger partial charge < -0.3 is 5.11 Å². The number of aryl methyl sites for hydroxylation is 1. The average Bonchev–Trinajstić information content (AvgIpc) is 2.11. The highest BCUT2D eigenvalue weighted by Crippen LogP contribution is 2.12. The van der Waals surface area contributed by atoms with Crippen molar-refractivity contribution in [2.24, 2.45) is 0 Å². The van der Waals surface area contributed by atoms with Gasteiger partial charge in [-0.1, -0.05) is 43.0 Å². The Morgan fingerprint density at radius 1 is 1.38 bits per heavy atom. The molecule has 1 aromatic carbocycles. The fraction of sp³-hybridized carbons (Fsp3) is 0.167. The summed E-state index contributed by atoms with van der Waals surface area (Å²) in [7, 11) is 0. The fourth-order valence-electron chi connectivity index (χ4n) is 0.563. The molecule has 0 radical (unpaired) electrons. The van der Waals surface area contributed by atoms with Crippen LogP contribution in [0.3, 0.4) is 0 Å². The molecule has 70 valence electrons. The second-order valence-corrected chi connectivity index (χ2v) is 2.84. The van der Waals surface area contributed by atoms with E-state index in [1.54, 1.807) is 12.1 Å². The molecule has 1 heteroatoms. The van der Waals surface area contributed by atoms with E-state index in [2.05, 4.69) is 13.2 Å². The Bertz CT molecular complexity index is 266. The van der Waals surface area contributed by atoms with Crippen LogP contribution in [0.4, 0.5) is 0 Å². The molecule has 1 aromatic rings. The predicted molar refractivity (Wildman–Crippen MR) is 57.9 cm³/mol. The standard InChI is InChI=1S/C7H8O.C5H8/c1-6-4-2-3-5-7(6)8;1-4-5(2)3/h2-5,8H,1H3;4H,1-2H2,3H3. The van der Waals surface area contributed by atoms with Crippen LogP contribution in [0.5, 0.6) is 5.75 Å². The third kappa shape index (κ3) is 5.74. The van der Waals surface area contributed by atoms with Crippen LogP contribution in [-0.4, -0.2) is 5.11 Å². The maximum atomic E-state index is 8.92. The molecule has 0 amide bonds. The monoisotopic (exact) mass is 176 g/mol. The molecule has 0 saturated heterocycles. The Balaban J connectivity index is 0.000000252. The molecule has 1 nitrogen and oxygen atoms in total. The average molecular weight is 176 g/mol. The van der Waals surface area contributed by atoms with Gasteiger partial charge in [0.1, 0.15) is 5.75 Å². The number of phenols is 1. The van der Waals surface area contributed by atoms with Crippen molar-refractivity contribution < 1.29 is 5.11 Å². The van der Waals surface area contributed by atoms with Crippen LogP contribution in [0.15, 0.2) is 49.1 Å². The third-order valence-corrected chi connectivity index (χ3v) is 1.46. The minimum Gasteiger partial charge on any atom is -0.508 e. The maximum Gasteiger partial charge on any atom is 0.118 e. The number of para-hydroxylation sites is 1. The largest absolute Gasteiger partial charge is 0.508 e. The number of allylic oxidation sites excluding steroid dienone is 2. The molecule has 0 aliphatic heterocycles. The van der Waals surface area contributed by atoms with Crippen LogP contribution < -0.4 is 0 Å². The number of aromatic hydroxyl groups is 1. The molecule has 0 aliphatic rings. The number of hydrogen-bond acceptors (Lipinski definition) is 1. The molecule has 0 fully saturated rings. The van der Waals surface area contributed by atoms with Crippen molar-refractivity contribution in [3.8, 4) is 5.75 Å². The summed E-state index contributed by atoms with van der Waals surface area (Å²) in [4.78, 5) is 0. The highest BCUT2D eigenvalue weighted by atomic mass is 16.3. The lowest BCUT2D eigenvalue weighted by Gasteiger charge is -1.92. The molecule has 13 heavy (non-hydrogen) atoms. The van der Waals surface area contributed by atoms with Crippen molar-refractivity contribution in [1.82, 2.24) is 0 Å². The second kappa shape index (κ2) is 6.06. The molecule has 0 spiro atoms. The molecule has 0 aromatic heterocycles. The first-order valence-electron chi connectivity index (χ1n) is 4.10. The Labute approximate surface area is 80.0 Å². The number of phenolic OH excluding ortho intramolecular Hbond substituents is 1. The first-order valence-corrected chi connectivity index (χ1v) is 4.10. The molecule has 1 rings (SSSR count). The zero-order valence-corrected chi connectivity index (χ0v) is 8.25. The summed E-state index contributed by atoms with van der Waals surface area (Å²) in [5.74, 6) is 0.368. The van der Waals surface area contributed by atoms with Crippen LogP contribution in [0.25, 0.3) is 0 Å². The Morgan fingerprint density at radius 3 is 2.08 bits per heavy atom. The summed E-state index contributed by atoms with van der Waals surface area (Å²) >= 11 is 0. The van der Waals surface area contributed by atoms with Gasteiger partial charge in [0.15, 0.2) is 0 Å². The maximum absolute atomic E-state index is 8.92. The van der Waals surface area contributed by atoms with E-state index in [0.29, 0.717) is 5.75 Å². The zero-order chi connectivity index (χ0) is 10.3. The van der Waals surface area contributed by atoms with Gasteiger partial charge in [0, 0.05) is 0 Å². The molecule has 0 bridgehead atoms. The van der Waals surface area contributed by atoms with E-state index in [9.17, 15) is 0 Å². The van der Waals surface area contributed by atoms with Crippen molar-refractivity contribution in [2.75, 3.05) is 0 Å². The topological polar surface area (TPSA) is 20.2 Å². The number of benzene rings is 1. The molecule has 1 N–H and O–H groups in total. The summed E-state index contributed by atoms with van der Waals surface area (Å²) in [5, 5.41) is 8.92. The summed E-state index contributed by atoms with van der Waals surface area (Å²) in [5.41, 5.74) is 1.94. The van der Waals surface area contributed by atoms with Crippen LogP contribution in [0.1, 0.15) is 12.5 Å². The van der Waals surface area contributed by atoms with Gasteiger partial charge in [0.05, 0.1) is 0 Å². The summed E-state index contributed by atoms with van der Waals surface area (Å²) in [6.07, 6.45) is 1.72. The van der Waals surface area contributed by atoms with Gasteiger partial charge >= 0.3 is 0 Å². The van der Waals surface area contributed by atoms with Gasteiger partial charge in [-0.25, -0.2) is 0 Å². The lowest BCUT2D eigenvalue weighted by atomic mass is 10.2. The molecule has 0 saturated carbocycles. The van der Waals surface area contributed by atoms with Crippen molar-refractivity contribution >= 4 is 0 Å². The van der Waals surface area contributed by atoms with Gasteiger partial charge in [-0.3, -0.25) is 0 Å². The predicted octanol–water partition coefficient (Wildman–Crippen LogP) is 3.45. The van der Waals surface area contributed by atoms with E-state index in [-0.39, 0.29) is 0 Å². The van der Waals surface area contributed by atoms with E-state index >= 15 is 0 Å². The molecular formula is C12H16O. The van der Waals surface area contributed by atoms with Gasteiger partial charge in [0.25, 0.3) is 0 Å². The van der Waals surface area contributed by atoms with E-state index < -0.39 is 0 Å². The van der Waals surface area contributed by atoms with Crippen LogP contribution in [0, 0.1) is 6.92 Å². The van der Waals surface area contributed by atoms with E-state index in [1.165, 1.54) is 0 Å². The molecule has 0 unspecified atom stereocenters. The van der Waals surface area contributed by atoms with Gasteiger partial charge in [-0.05, 0) is 25.5 Å². The quantitative estimate of drug-likeness (QED) is 0.650. The Hall–Kier alpha value is -1.50. The van der Waals surface area contributed by atoms with Crippen molar-refractivity contribution in [3.05, 3.63) is 54.6 Å². The minimum absolute atomic E-state index is 0.368. The highest BCUT2D eigenvalue weighted by molar-refractivity contribution is 5.29. The lowest BCUT2D eigenvalue weighted by molar-refractivity contribution is 0.471. The lowest BCUT2D eigenvalue weighted by Crippen LogP contribution is -1.68. The number of rotatable bonds is 1. The molecular weight excluding hydrogens is 160 g/mol. The summed E-state index contributed by atoms with van der Waals surface area (Å²) in [6.45, 7) is 10.8.